The molecule has 1 fully saturated rings. The fraction of sp³-hybridized carbons (Fsp3) is 0.562. The van der Waals surface area contributed by atoms with Gasteiger partial charge in [0.1, 0.15) is 0 Å². The molecule has 1 aromatic rings. The normalized spacial score (nSPS) is 22.7. The molecular formula is C16H22N2O2S. The molecule has 0 aliphatic heterocycles. The minimum Gasteiger partial charge on any atom is -0.211 e. The van der Waals surface area contributed by atoms with E-state index >= 15 is 0 Å². The summed E-state index contributed by atoms with van der Waals surface area (Å²) in [5.41, 5.74) is 0.463. The van der Waals surface area contributed by atoms with Crippen LogP contribution in [0.1, 0.15) is 44.6 Å². The summed E-state index contributed by atoms with van der Waals surface area (Å²) in [6, 6.07) is 7.98. The number of hydrogen-bond acceptors (Lipinski definition) is 3. The minimum absolute atomic E-state index is 0.221. The Hall–Kier alpha value is -1.38. The highest BCUT2D eigenvalue weighted by atomic mass is 32.2. The Morgan fingerprint density at radius 2 is 1.81 bits per heavy atom. The summed E-state index contributed by atoms with van der Waals surface area (Å²) >= 11 is 0. The Balaban J connectivity index is 1.85. The Bertz CT molecular complexity index is 594. The maximum atomic E-state index is 12.1. The number of hydrogen-bond donors (Lipinski definition) is 1. The first-order valence-corrected chi connectivity index (χ1v) is 8.99. The average Bonchev–Trinajstić information content (AvgIpc) is 2.49. The summed E-state index contributed by atoms with van der Waals surface area (Å²) < 4.78 is 26.9. The van der Waals surface area contributed by atoms with Crippen LogP contribution in [-0.2, 0) is 10.0 Å². The van der Waals surface area contributed by atoms with E-state index in [2.05, 4.69) is 11.6 Å². The molecule has 1 aliphatic rings. The Morgan fingerprint density at radius 3 is 2.38 bits per heavy atom. The predicted molar refractivity (Wildman–Crippen MR) is 82.1 cm³/mol. The zero-order valence-electron chi connectivity index (χ0n) is 12.4. The van der Waals surface area contributed by atoms with Gasteiger partial charge in [-0.3, -0.25) is 0 Å². The van der Waals surface area contributed by atoms with Crippen molar-refractivity contribution in [1.82, 2.24) is 4.72 Å². The Morgan fingerprint density at radius 1 is 1.19 bits per heavy atom. The van der Waals surface area contributed by atoms with Crippen LogP contribution in [0, 0.1) is 23.2 Å². The SMILES string of the molecule is CC1CCC(CCNS(=O)(=O)c2ccc(C#N)cc2)CC1. The van der Waals surface area contributed by atoms with Crippen molar-refractivity contribution in [2.45, 2.75) is 43.9 Å². The zero-order chi connectivity index (χ0) is 15.3. The first-order valence-electron chi connectivity index (χ1n) is 7.51. The van der Waals surface area contributed by atoms with Gasteiger partial charge in [0.25, 0.3) is 0 Å². The van der Waals surface area contributed by atoms with Crippen LogP contribution < -0.4 is 4.72 Å². The fourth-order valence-corrected chi connectivity index (χ4v) is 3.85. The van der Waals surface area contributed by atoms with Gasteiger partial charge < -0.3 is 0 Å². The molecule has 0 bridgehead atoms. The maximum absolute atomic E-state index is 12.1. The molecule has 0 saturated heterocycles. The minimum atomic E-state index is -3.46. The van der Waals surface area contributed by atoms with E-state index in [1.165, 1.54) is 49.9 Å². The lowest BCUT2D eigenvalue weighted by Crippen LogP contribution is -2.27. The molecule has 1 N–H and O–H groups in total. The van der Waals surface area contributed by atoms with E-state index in [-0.39, 0.29) is 4.90 Å². The monoisotopic (exact) mass is 306 g/mol. The molecule has 0 atom stereocenters. The summed E-state index contributed by atoms with van der Waals surface area (Å²) in [7, 11) is -3.46. The summed E-state index contributed by atoms with van der Waals surface area (Å²) in [5.74, 6) is 1.46. The molecule has 21 heavy (non-hydrogen) atoms. The second-order valence-corrected chi connectivity index (χ2v) is 7.72. The molecule has 1 aromatic carbocycles. The van der Waals surface area contributed by atoms with Crippen LogP contribution in [0.4, 0.5) is 0 Å². The number of nitrogens with one attached hydrogen (secondary N) is 1. The van der Waals surface area contributed by atoms with Gasteiger partial charge in [-0.2, -0.15) is 5.26 Å². The molecule has 0 unspecified atom stereocenters. The Kier molecular flexibility index (Phi) is 5.38. The van der Waals surface area contributed by atoms with Crippen molar-refractivity contribution in [2.75, 3.05) is 6.54 Å². The first kappa shape index (κ1) is 16.0. The summed E-state index contributed by atoms with van der Waals surface area (Å²) in [6.45, 7) is 2.77. The molecule has 1 saturated carbocycles. The van der Waals surface area contributed by atoms with Crippen LogP contribution in [0.5, 0.6) is 0 Å². The molecule has 0 heterocycles. The second kappa shape index (κ2) is 7.06. The lowest BCUT2D eigenvalue weighted by molar-refractivity contribution is 0.278. The molecule has 4 nitrogen and oxygen atoms in total. The first-order chi connectivity index (χ1) is 10.0. The quantitative estimate of drug-likeness (QED) is 0.909. The maximum Gasteiger partial charge on any atom is 0.240 e. The highest BCUT2D eigenvalue weighted by Gasteiger charge is 2.19. The molecule has 1 aliphatic carbocycles. The van der Waals surface area contributed by atoms with Gasteiger partial charge >= 0.3 is 0 Å². The van der Waals surface area contributed by atoms with E-state index in [0.717, 1.165) is 12.3 Å². The average molecular weight is 306 g/mol. The highest BCUT2D eigenvalue weighted by Crippen LogP contribution is 2.30. The number of sulfonamides is 1. The van der Waals surface area contributed by atoms with Gasteiger partial charge in [-0.15, -0.1) is 0 Å². The molecule has 2 rings (SSSR count). The topological polar surface area (TPSA) is 70.0 Å². The molecule has 0 spiro atoms. The van der Waals surface area contributed by atoms with Gasteiger partial charge in [-0.25, -0.2) is 13.1 Å². The molecule has 114 valence electrons. The van der Waals surface area contributed by atoms with Crippen LogP contribution in [0.2, 0.25) is 0 Å². The van der Waals surface area contributed by atoms with E-state index in [1.54, 1.807) is 0 Å². The lowest BCUT2D eigenvalue weighted by atomic mass is 9.81. The molecule has 0 amide bonds. The number of nitrogens with zero attached hydrogens (tertiary/aromatic N) is 1. The van der Waals surface area contributed by atoms with Gasteiger partial charge in [0.05, 0.1) is 16.5 Å². The fourth-order valence-electron chi connectivity index (χ4n) is 2.81. The largest absolute Gasteiger partial charge is 0.240 e. The van der Waals surface area contributed by atoms with Crippen molar-refractivity contribution in [3.05, 3.63) is 29.8 Å². The highest BCUT2D eigenvalue weighted by molar-refractivity contribution is 7.89. The third kappa shape index (κ3) is 4.55. The van der Waals surface area contributed by atoms with Gasteiger partial charge in [0.2, 0.25) is 10.0 Å². The van der Waals surface area contributed by atoms with Crippen molar-refractivity contribution in [3.8, 4) is 6.07 Å². The summed E-state index contributed by atoms with van der Waals surface area (Å²) in [5, 5.41) is 8.72. The predicted octanol–water partition coefficient (Wildman–Crippen LogP) is 3.05. The summed E-state index contributed by atoms with van der Waals surface area (Å²) in [4.78, 5) is 0.221. The van der Waals surface area contributed by atoms with E-state index in [1.807, 2.05) is 6.07 Å². The second-order valence-electron chi connectivity index (χ2n) is 5.95. The molecular weight excluding hydrogens is 284 g/mol. The molecule has 0 aromatic heterocycles. The van der Waals surface area contributed by atoms with Crippen LogP contribution >= 0.6 is 0 Å². The van der Waals surface area contributed by atoms with Crippen LogP contribution in [0.25, 0.3) is 0 Å². The van der Waals surface area contributed by atoms with Crippen molar-refractivity contribution in [1.29, 1.82) is 5.26 Å². The van der Waals surface area contributed by atoms with E-state index < -0.39 is 10.0 Å². The molecule has 5 heteroatoms. The standard InChI is InChI=1S/C16H22N2O2S/c1-13-2-4-14(5-3-13)10-11-18-21(19,20)16-8-6-15(12-17)7-9-16/h6-9,13-14,18H,2-5,10-11H2,1H3. The van der Waals surface area contributed by atoms with Crippen LogP contribution in [0.3, 0.4) is 0 Å². The number of nitriles is 1. The van der Waals surface area contributed by atoms with E-state index in [0.29, 0.717) is 18.0 Å². The van der Waals surface area contributed by atoms with E-state index in [4.69, 9.17) is 5.26 Å². The zero-order valence-corrected chi connectivity index (χ0v) is 13.2. The van der Waals surface area contributed by atoms with Crippen molar-refractivity contribution < 1.29 is 8.42 Å². The molecule has 0 radical (unpaired) electrons. The lowest BCUT2D eigenvalue weighted by Gasteiger charge is -2.26. The van der Waals surface area contributed by atoms with Crippen LogP contribution in [0.15, 0.2) is 29.2 Å². The van der Waals surface area contributed by atoms with Gasteiger partial charge in [0, 0.05) is 6.54 Å². The van der Waals surface area contributed by atoms with Crippen LogP contribution in [-0.4, -0.2) is 15.0 Å². The smallest absolute Gasteiger partial charge is 0.211 e. The van der Waals surface area contributed by atoms with E-state index in [9.17, 15) is 8.42 Å². The number of rotatable bonds is 5. The van der Waals surface area contributed by atoms with Crippen molar-refractivity contribution in [2.24, 2.45) is 11.8 Å². The number of benzene rings is 1. The third-order valence-electron chi connectivity index (χ3n) is 4.27. The summed E-state index contributed by atoms with van der Waals surface area (Å²) in [6.07, 6.45) is 5.84. The van der Waals surface area contributed by atoms with Gasteiger partial charge in [-0.05, 0) is 42.5 Å². The van der Waals surface area contributed by atoms with Crippen molar-refractivity contribution >= 4 is 10.0 Å². The van der Waals surface area contributed by atoms with Gasteiger partial charge in [-0.1, -0.05) is 32.6 Å². The third-order valence-corrected chi connectivity index (χ3v) is 5.75. The van der Waals surface area contributed by atoms with Crippen molar-refractivity contribution in [3.63, 3.8) is 0 Å². The Labute approximate surface area is 127 Å². The van der Waals surface area contributed by atoms with Gasteiger partial charge in [0.15, 0.2) is 0 Å².